The summed E-state index contributed by atoms with van der Waals surface area (Å²) in [5, 5.41) is 8.42. The number of carboxylic acids is 1. The Kier molecular flexibility index (Phi) is 19.0. The van der Waals surface area contributed by atoms with Crippen LogP contribution in [-0.2, 0) is 9.53 Å². The van der Waals surface area contributed by atoms with Gasteiger partial charge in [0.15, 0.2) is 0 Å². The Morgan fingerprint density at radius 1 is 0.652 bits per heavy atom. The number of ether oxygens (including phenoxy) is 1. The Balaban J connectivity index is 2.96. The molecule has 0 atom stereocenters. The van der Waals surface area contributed by atoms with E-state index >= 15 is 0 Å². The topological polar surface area (TPSA) is 46.5 Å². The first kappa shape index (κ1) is 22.4. The van der Waals surface area contributed by atoms with E-state index in [0.717, 1.165) is 12.8 Å². The molecule has 0 aliphatic rings. The predicted octanol–water partition coefficient (Wildman–Crippen LogP) is 6.35. The zero-order valence-corrected chi connectivity index (χ0v) is 15.5. The fraction of sp³-hybridized carbons (Fsp3) is 0.950. The molecule has 1 N–H and O–H groups in total. The summed E-state index contributed by atoms with van der Waals surface area (Å²) in [6.45, 7) is 2.71. The van der Waals surface area contributed by atoms with Crippen LogP contribution >= 0.6 is 0 Å². The zero-order valence-electron chi connectivity index (χ0n) is 15.5. The first-order chi connectivity index (χ1) is 11.3. The third kappa shape index (κ3) is 21.4. The lowest BCUT2D eigenvalue weighted by atomic mass is 10.0. The normalized spacial score (nSPS) is 11.0. The second-order valence-electron chi connectivity index (χ2n) is 6.75. The van der Waals surface area contributed by atoms with Gasteiger partial charge in [0.25, 0.3) is 0 Å². The molecule has 138 valence electrons. The molecular weight excluding hydrogens is 288 g/mol. The van der Waals surface area contributed by atoms with Gasteiger partial charge in [0.05, 0.1) is 0 Å². The van der Waals surface area contributed by atoms with E-state index in [1.807, 2.05) is 0 Å². The Morgan fingerprint density at radius 3 is 1.35 bits per heavy atom. The molecular formula is C20H40O3. The highest BCUT2D eigenvalue weighted by atomic mass is 16.5. The third-order valence-corrected chi connectivity index (χ3v) is 4.37. The van der Waals surface area contributed by atoms with Gasteiger partial charge in [-0.15, -0.1) is 0 Å². The summed E-state index contributed by atoms with van der Waals surface area (Å²) in [5.41, 5.74) is 0. The van der Waals surface area contributed by atoms with Gasteiger partial charge >= 0.3 is 5.97 Å². The summed E-state index contributed by atoms with van der Waals surface area (Å²) < 4.78 is 5.01. The van der Waals surface area contributed by atoms with Gasteiger partial charge in [-0.2, -0.15) is 0 Å². The van der Waals surface area contributed by atoms with Crippen LogP contribution in [0.1, 0.15) is 110 Å². The highest BCUT2D eigenvalue weighted by Gasteiger charge is 1.97. The lowest BCUT2D eigenvalue weighted by Gasteiger charge is -2.04. The number of hydrogen-bond acceptors (Lipinski definition) is 2. The smallest absolute Gasteiger partial charge is 0.329 e. The van der Waals surface area contributed by atoms with Crippen LogP contribution in [0, 0.1) is 0 Å². The van der Waals surface area contributed by atoms with Crippen molar-refractivity contribution in [1.29, 1.82) is 0 Å². The van der Waals surface area contributed by atoms with Crippen molar-refractivity contribution in [2.75, 3.05) is 13.2 Å². The summed E-state index contributed by atoms with van der Waals surface area (Å²) in [6.07, 6.45) is 21.6. The summed E-state index contributed by atoms with van der Waals surface area (Å²) in [5.74, 6) is -0.874. The van der Waals surface area contributed by atoms with Crippen LogP contribution in [0.4, 0.5) is 0 Å². The Labute approximate surface area is 144 Å². The van der Waals surface area contributed by atoms with Crippen molar-refractivity contribution >= 4 is 5.97 Å². The molecule has 0 aromatic rings. The molecule has 0 amide bonds. The summed E-state index contributed by atoms with van der Waals surface area (Å²) in [7, 11) is 0. The first-order valence-corrected chi connectivity index (χ1v) is 10.1. The molecule has 0 unspecified atom stereocenters. The Hall–Kier alpha value is -0.570. The van der Waals surface area contributed by atoms with E-state index < -0.39 is 5.97 Å². The quantitative estimate of drug-likeness (QED) is 0.281. The molecule has 0 heterocycles. The zero-order chi connectivity index (χ0) is 17.0. The van der Waals surface area contributed by atoms with E-state index in [2.05, 4.69) is 6.92 Å². The molecule has 0 radical (unpaired) electrons. The molecule has 0 bridgehead atoms. The van der Waals surface area contributed by atoms with E-state index in [-0.39, 0.29) is 6.61 Å². The average Bonchev–Trinajstić information content (AvgIpc) is 2.53. The van der Waals surface area contributed by atoms with Gasteiger partial charge in [-0.25, -0.2) is 4.79 Å². The average molecular weight is 329 g/mol. The predicted molar refractivity (Wildman–Crippen MR) is 98.0 cm³/mol. The number of hydrogen-bond donors (Lipinski definition) is 1. The molecule has 0 saturated carbocycles. The van der Waals surface area contributed by atoms with Crippen LogP contribution in [0.15, 0.2) is 0 Å². The monoisotopic (exact) mass is 328 g/mol. The molecule has 0 spiro atoms. The van der Waals surface area contributed by atoms with Crippen molar-refractivity contribution in [1.82, 2.24) is 0 Å². The van der Waals surface area contributed by atoms with E-state index in [1.165, 1.54) is 89.9 Å². The molecule has 0 aromatic carbocycles. The highest BCUT2D eigenvalue weighted by molar-refractivity contribution is 5.67. The summed E-state index contributed by atoms with van der Waals surface area (Å²) >= 11 is 0. The number of aliphatic carboxylic acids is 1. The van der Waals surface area contributed by atoms with Crippen molar-refractivity contribution in [3.8, 4) is 0 Å². The largest absolute Gasteiger partial charge is 0.480 e. The van der Waals surface area contributed by atoms with Crippen molar-refractivity contribution in [3.63, 3.8) is 0 Å². The second kappa shape index (κ2) is 19.5. The standard InChI is InChI=1S/C20H40O3/c1-2-3-4-5-6-7-8-9-10-11-12-13-14-15-16-17-18-23-19-20(21)22/h2-19H2,1H3,(H,21,22). The van der Waals surface area contributed by atoms with Gasteiger partial charge in [-0.05, 0) is 6.42 Å². The third-order valence-electron chi connectivity index (χ3n) is 4.37. The fourth-order valence-corrected chi connectivity index (χ4v) is 2.91. The number of rotatable bonds is 19. The Bertz CT molecular complexity index is 241. The maximum absolute atomic E-state index is 10.2. The van der Waals surface area contributed by atoms with Gasteiger partial charge in [-0.1, -0.05) is 103 Å². The van der Waals surface area contributed by atoms with Gasteiger partial charge in [-0.3, -0.25) is 0 Å². The maximum atomic E-state index is 10.2. The second-order valence-corrected chi connectivity index (χ2v) is 6.75. The fourth-order valence-electron chi connectivity index (χ4n) is 2.91. The Morgan fingerprint density at radius 2 is 1.00 bits per heavy atom. The molecule has 0 aromatic heterocycles. The molecule has 3 nitrogen and oxygen atoms in total. The minimum Gasteiger partial charge on any atom is -0.480 e. The maximum Gasteiger partial charge on any atom is 0.329 e. The van der Waals surface area contributed by atoms with Crippen LogP contribution in [0.5, 0.6) is 0 Å². The SMILES string of the molecule is CCCCCCCCCCCCCCCCCCOCC(=O)O. The lowest BCUT2D eigenvalue weighted by Crippen LogP contribution is -2.07. The van der Waals surface area contributed by atoms with Gasteiger partial charge in [0.2, 0.25) is 0 Å². The summed E-state index contributed by atoms with van der Waals surface area (Å²) in [6, 6.07) is 0. The van der Waals surface area contributed by atoms with Crippen LogP contribution in [0.2, 0.25) is 0 Å². The van der Waals surface area contributed by atoms with E-state index in [0.29, 0.717) is 6.61 Å². The molecule has 0 aliphatic heterocycles. The van der Waals surface area contributed by atoms with E-state index in [9.17, 15) is 4.79 Å². The van der Waals surface area contributed by atoms with Crippen LogP contribution in [-0.4, -0.2) is 24.3 Å². The highest BCUT2D eigenvalue weighted by Crippen LogP contribution is 2.13. The minimum absolute atomic E-state index is 0.154. The van der Waals surface area contributed by atoms with E-state index in [4.69, 9.17) is 9.84 Å². The molecule has 23 heavy (non-hydrogen) atoms. The molecule has 3 heteroatoms. The van der Waals surface area contributed by atoms with Gasteiger partial charge < -0.3 is 9.84 Å². The molecule has 0 saturated heterocycles. The molecule has 0 aliphatic carbocycles. The summed E-state index contributed by atoms with van der Waals surface area (Å²) in [4.78, 5) is 10.2. The number of unbranched alkanes of at least 4 members (excludes halogenated alkanes) is 15. The first-order valence-electron chi connectivity index (χ1n) is 10.1. The van der Waals surface area contributed by atoms with Gasteiger partial charge in [0, 0.05) is 6.61 Å². The number of carbonyl (C=O) groups is 1. The van der Waals surface area contributed by atoms with Crippen LogP contribution < -0.4 is 0 Å². The lowest BCUT2D eigenvalue weighted by molar-refractivity contribution is -0.142. The van der Waals surface area contributed by atoms with Crippen molar-refractivity contribution < 1.29 is 14.6 Å². The van der Waals surface area contributed by atoms with Gasteiger partial charge in [0.1, 0.15) is 6.61 Å². The number of carboxylic acid groups (broad SMARTS) is 1. The van der Waals surface area contributed by atoms with Crippen molar-refractivity contribution in [2.24, 2.45) is 0 Å². The van der Waals surface area contributed by atoms with Crippen molar-refractivity contribution in [3.05, 3.63) is 0 Å². The molecule has 0 fully saturated rings. The van der Waals surface area contributed by atoms with Crippen LogP contribution in [0.25, 0.3) is 0 Å². The van der Waals surface area contributed by atoms with Crippen molar-refractivity contribution in [2.45, 2.75) is 110 Å². The van der Waals surface area contributed by atoms with E-state index in [1.54, 1.807) is 0 Å². The van der Waals surface area contributed by atoms with Crippen LogP contribution in [0.3, 0.4) is 0 Å². The minimum atomic E-state index is -0.874. The molecule has 0 rings (SSSR count).